The number of carbonyl (C=O) groups is 3. The molecule has 1 aromatic heterocycles. The topological polar surface area (TPSA) is 72.5 Å². The van der Waals surface area contributed by atoms with E-state index in [1.54, 1.807) is 5.32 Å². The van der Waals surface area contributed by atoms with Crippen LogP contribution in [0.1, 0.15) is 45.0 Å². The zero-order valence-corrected chi connectivity index (χ0v) is 13.0. The number of Topliss-reactive ketones (excluding diaryl/α,β-unsaturated/α-hetero) is 1. The molecule has 1 aliphatic rings. The number of methoxy groups -OCH3 is 1. The number of halogens is 3. The molecule has 0 aromatic carbocycles. The van der Waals surface area contributed by atoms with E-state index >= 15 is 0 Å². The van der Waals surface area contributed by atoms with Crippen molar-refractivity contribution >= 4 is 34.7 Å². The third kappa shape index (κ3) is 3.90. The summed E-state index contributed by atoms with van der Waals surface area (Å²) in [5.41, 5.74) is -0.356. The Hall–Kier alpha value is -1.90. The lowest BCUT2D eigenvalue weighted by Gasteiger charge is -2.07. The highest BCUT2D eigenvalue weighted by Gasteiger charge is 2.40. The normalized spacial score (nSPS) is 15.5. The summed E-state index contributed by atoms with van der Waals surface area (Å²) < 4.78 is 41.6. The first-order valence-corrected chi connectivity index (χ1v) is 7.70. The maximum atomic E-state index is 12.4. The lowest BCUT2D eigenvalue weighted by Crippen LogP contribution is -2.30. The van der Waals surface area contributed by atoms with Crippen molar-refractivity contribution in [1.29, 1.82) is 0 Å². The van der Waals surface area contributed by atoms with Gasteiger partial charge in [-0.25, -0.2) is 4.79 Å². The Morgan fingerprint density at radius 2 is 1.87 bits per heavy atom. The van der Waals surface area contributed by atoms with E-state index in [0.717, 1.165) is 37.4 Å². The van der Waals surface area contributed by atoms with E-state index < -0.39 is 18.1 Å². The average Bonchev–Trinajstić information content (AvgIpc) is 3.14. The Morgan fingerprint density at radius 3 is 2.39 bits per heavy atom. The van der Waals surface area contributed by atoms with E-state index in [-0.39, 0.29) is 27.1 Å². The molecule has 1 amide bonds. The lowest BCUT2D eigenvalue weighted by molar-refractivity contribution is -0.167. The molecule has 1 aromatic rings. The molecule has 23 heavy (non-hydrogen) atoms. The van der Waals surface area contributed by atoms with E-state index in [4.69, 9.17) is 0 Å². The first-order chi connectivity index (χ1) is 10.7. The van der Waals surface area contributed by atoms with E-state index in [1.165, 1.54) is 0 Å². The van der Waals surface area contributed by atoms with Crippen molar-refractivity contribution in [3.63, 3.8) is 0 Å². The smallest absolute Gasteiger partial charge is 0.465 e. The zero-order valence-electron chi connectivity index (χ0n) is 12.2. The number of ether oxygens (including phenoxy) is 1. The van der Waals surface area contributed by atoms with Crippen molar-refractivity contribution in [2.24, 2.45) is 5.92 Å². The molecule has 0 spiro atoms. The lowest BCUT2D eigenvalue weighted by atomic mass is 10.0. The van der Waals surface area contributed by atoms with Crippen molar-refractivity contribution in [2.75, 3.05) is 12.4 Å². The quantitative estimate of drug-likeness (QED) is 0.668. The predicted octanol–water partition coefficient (Wildman–Crippen LogP) is 3.41. The van der Waals surface area contributed by atoms with Gasteiger partial charge in [0.2, 0.25) is 0 Å². The number of hydrogen-bond donors (Lipinski definition) is 1. The van der Waals surface area contributed by atoms with Crippen LogP contribution in [0.5, 0.6) is 0 Å². The van der Waals surface area contributed by atoms with Gasteiger partial charge in [0.15, 0.2) is 5.78 Å². The molecule has 0 bridgehead atoms. The van der Waals surface area contributed by atoms with Gasteiger partial charge in [-0.3, -0.25) is 9.59 Å². The number of rotatable bonds is 4. The Bertz CT molecular complexity index is 632. The summed E-state index contributed by atoms with van der Waals surface area (Å²) in [4.78, 5) is 35.0. The Labute approximate surface area is 133 Å². The standard InChI is InChI=1S/C14H14F3NO4S/c1-22-12(20)11-8(18-13(21)14(15,16)17)6-9(23-11)10(19)7-4-2-3-5-7/h6-7H,2-5H2,1H3,(H,18,21). The Morgan fingerprint density at radius 1 is 1.26 bits per heavy atom. The first-order valence-electron chi connectivity index (χ1n) is 6.88. The number of nitrogens with one attached hydrogen (secondary N) is 1. The third-order valence-corrected chi connectivity index (χ3v) is 4.71. The second-order valence-corrected chi connectivity index (χ2v) is 6.19. The maximum Gasteiger partial charge on any atom is 0.471 e. The van der Waals surface area contributed by atoms with Crippen LogP contribution in [-0.4, -0.2) is 30.9 Å². The van der Waals surface area contributed by atoms with Gasteiger partial charge in [-0.05, 0) is 18.9 Å². The van der Waals surface area contributed by atoms with Crippen LogP contribution in [0.3, 0.4) is 0 Å². The minimum atomic E-state index is -5.09. The summed E-state index contributed by atoms with van der Waals surface area (Å²) in [6, 6.07) is 1.11. The fourth-order valence-electron chi connectivity index (χ4n) is 2.43. The molecule has 0 saturated heterocycles. The molecule has 0 aliphatic heterocycles. The Kier molecular flexibility index (Phi) is 5.08. The predicted molar refractivity (Wildman–Crippen MR) is 76.6 cm³/mol. The van der Waals surface area contributed by atoms with E-state index in [0.29, 0.717) is 12.8 Å². The van der Waals surface area contributed by atoms with Crippen molar-refractivity contribution in [3.05, 3.63) is 15.8 Å². The van der Waals surface area contributed by atoms with E-state index in [2.05, 4.69) is 4.74 Å². The molecule has 2 rings (SSSR count). The van der Waals surface area contributed by atoms with Crippen molar-refractivity contribution in [3.8, 4) is 0 Å². The van der Waals surface area contributed by atoms with Crippen LogP contribution in [0.15, 0.2) is 6.07 Å². The summed E-state index contributed by atoms with van der Waals surface area (Å²) in [6.45, 7) is 0. The molecule has 1 heterocycles. The number of thiophene rings is 1. The molecule has 0 unspecified atom stereocenters. The van der Waals surface area contributed by atoms with Gasteiger partial charge < -0.3 is 10.1 Å². The number of carbonyl (C=O) groups excluding carboxylic acids is 3. The van der Waals surface area contributed by atoms with Crippen LogP contribution in [0, 0.1) is 5.92 Å². The number of esters is 1. The van der Waals surface area contributed by atoms with E-state index in [1.807, 2.05) is 0 Å². The molecule has 0 radical (unpaired) electrons. The van der Waals surface area contributed by atoms with Crippen LogP contribution in [0.4, 0.5) is 18.9 Å². The van der Waals surface area contributed by atoms with Gasteiger partial charge in [-0.2, -0.15) is 13.2 Å². The zero-order chi connectivity index (χ0) is 17.2. The molecule has 0 atom stereocenters. The van der Waals surface area contributed by atoms with Crippen molar-refractivity contribution in [1.82, 2.24) is 0 Å². The summed E-state index contributed by atoms with van der Waals surface area (Å²) in [7, 11) is 1.07. The average molecular weight is 349 g/mol. The van der Waals surface area contributed by atoms with Gasteiger partial charge in [0.1, 0.15) is 4.88 Å². The third-order valence-electron chi connectivity index (χ3n) is 3.58. The summed E-state index contributed by atoms with van der Waals surface area (Å²) in [5.74, 6) is -3.52. The van der Waals surface area contributed by atoms with Crippen LogP contribution < -0.4 is 5.32 Å². The highest BCUT2D eigenvalue weighted by molar-refractivity contribution is 7.16. The monoisotopic (exact) mass is 349 g/mol. The summed E-state index contributed by atoms with van der Waals surface area (Å²) in [6.07, 6.45) is -1.82. The molecule has 1 saturated carbocycles. The summed E-state index contributed by atoms with van der Waals surface area (Å²) in [5, 5.41) is 1.62. The fraction of sp³-hybridized carbons (Fsp3) is 0.500. The van der Waals surface area contributed by atoms with Gasteiger partial charge in [0, 0.05) is 5.92 Å². The molecule has 1 aliphatic carbocycles. The van der Waals surface area contributed by atoms with Gasteiger partial charge in [0.25, 0.3) is 0 Å². The van der Waals surface area contributed by atoms with Gasteiger partial charge in [0.05, 0.1) is 17.7 Å². The second kappa shape index (κ2) is 6.69. The van der Waals surface area contributed by atoms with Crippen LogP contribution >= 0.6 is 11.3 Å². The van der Waals surface area contributed by atoms with E-state index in [9.17, 15) is 27.6 Å². The minimum absolute atomic E-state index is 0.148. The molecule has 126 valence electrons. The molecule has 1 N–H and O–H groups in total. The fourth-order valence-corrected chi connectivity index (χ4v) is 3.48. The van der Waals surface area contributed by atoms with Crippen molar-refractivity contribution < 1.29 is 32.3 Å². The molecular formula is C14H14F3NO4S. The second-order valence-electron chi connectivity index (χ2n) is 5.14. The highest BCUT2D eigenvalue weighted by atomic mass is 32.1. The maximum absolute atomic E-state index is 12.4. The van der Waals surface area contributed by atoms with Crippen LogP contribution in [-0.2, 0) is 9.53 Å². The number of alkyl halides is 3. The molecule has 1 fully saturated rings. The number of anilines is 1. The molecular weight excluding hydrogens is 335 g/mol. The highest BCUT2D eigenvalue weighted by Crippen LogP contribution is 2.35. The van der Waals surface area contributed by atoms with Gasteiger partial charge in [-0.1, -0.05) is 12.8 Å². The van der Waals surface area contributed by atoms with Crippen LogP contribution in [0.2, 0.25) is 0 Å². The van der Waals surface area contributed by atoms with Gasteiger partial charge >= 0.3 is 18.1 Å². The number of amides is 1. The number of hydrogen-bond acceptors (Lipinski definition) is 5. The van der Waals surface area contributed by atoms with Gasteiger partial charge in [-0.15, -0.1) is 11.3 Å². The minimum Gasteiger partial charge on any atom is -0.465 e. The Balaban J connectivity index is 2.30. The molecule has 5 nitrogen and oxygen atoms in total. The SMILES string of the molecule is COC(=O)c1sc(C(=O)C2CCCC2)cc1NC(=O)C(F)(F)F. The largest absolute Gasteiger partial charge is 0.471 e. The number of ketones is 1. The first kappa shape index (κ1) is 17.5. The molecule has 9 heteroatoms. The van der Waals surface area contributed by atoms with Crippen LogP contribution in [0.25, 0.3) is 0 Å². The van der Waals surface area contributed by atoms with Crippen molar-refractivity contribution in [2.45, 2.75) is 31.9 Å². The summed E-state index contributed by atoms with van der Waals surface area (Å²) >= 11 is 0.734.